The molecule has 0 aliphatic heterocycles. The molecule has 0 atom stereocenters. The Morgan fingerprint density at radius 2 is 2.00 bits per heavy atom. The number of nitrogens with zero attached hydrogens (tertiary/aromatic N) is 2. The zero-order valence-electron chi connectivity index (χ0n) is 11.1. The van der Waals surface area contributed by atoms with Crippen molar-refractivity contribution in [3.05, 3.63) is 70.9 Å². The molecule has 0 fully saturated rings. The number of Topliss-reactive ketones (excluding diaryl/α,β-unsaturated/α-hetero) is 1. The summed E-state index contributed by atoms with van der Waals surface area (Å²) >= 11 is 6.05. The number of nitriles is 1. The molecule has 0 bridgehead atoms. The van der Waals surface area contributed by atoms with Gasteiger partial charge in [-0.05, 0) is 36.4 Å². The summed E-state index contributed by atoms with van der Waals surface area (Å²) in [4.78, 5) is 12.3. The molecular formula is C17H11ClN2O. The number of halogens is 1. The van der Waals surface area contributed by atoms with Crippen LogP contribution in [-0.2, 0) is 6.54 Å². The third-order valence-corrected chi connectivity index (χ3v) is 3.72. The summed E-state index contributed by atoms with van der Waals surface area (Å²) in [6.07, 6.45) is 1.85. The average molecular weight is 295 g/mol. The molecule has 0 unspecified atom stereocenters. The van der Waals surface area contributed by atoms with E-state index in [0.29, 0.717) is 16.1 Å². The molecule has 4 heteroatoms. The lowest BCUT2D eigenvalue weighted by molar-refractivity contribution is 0.0974. The van der Waals surface area contributed by atoms with Crippen LogP contribution in [0.2, 0.25) is 5.02 Å². The molecule has 0 radical (unpaired) electrons. The first-order valence-corrected chi connectivity index (χ1v) is 6.83. The number of aromatic nitrogens is 1. The van der Waals surface area contributed by atoms with E-state index in [1.807, 2.05) is 29.0 Å². The number of carbonyl (C=O) groups excluding carboxylic acids is 1. The standard InChI is InChI=1S/C17H11ClN2O/c18-15-4-2-1-3-14(15)17(21)11-20-8-7-13-9-12(10-19)5-6-16(13)20/h1-9H,11H2. The van der Waals surface area contributed by atoms with Crippen LogP contribution in [0.1, 0.15) is 15.9 Å². The summed E-state index contributed by atoms with van der Waals surface area (Å²) in [5.41, 5.74) is 2.06. The zero-order valence-corrected chi connectivity index (χ0v) is 11.8. The SMILES string of the molecule is N#Cc1ccc2c(ccn2CC(=O)c2ccccc2Cl)c1. The number of benzene rings is 2. The van der Waals surface area contributed by atoms with Gasteiger partial charge in [-0.1, -0.05) is 23.7 Å². The zero-order chi connectivity index (χ0) is 14.8. The van der Waals surface area contributed by atoms with Crippen molar-refractivity contribution in [1.82, 2.24) is 4.57 Å². The first-order chi connectivity index (χ1) is 10.2. The van der Waals surface area contributed by atoms with Gasteiger partial charge in [-0.25, -0.2) is 0 Å². The third-order valence-electron chi connectivity index (χ3n) is 3.39. The van der Waals surface area contributed by atoms with Crippen LogP contribution >= 0.6 is 11.6 Å². The summed E-state index contributed by atoms with van der Waals surface area (Å²) in [5.74, 6) is -0.0394. The predicted molar refractivity (Wildman–Crippen MR) is 82.4 cm³/mol. The second-order valence-corrected chi connectivity index (χ2v) is 5.14. The fourth-order valence-electron chi connectivity index (χ4n) is 2.33. The van der Waals surface area contributed by atoms with Crippen LogP contribution in [-0.4, -0.2) is 10.4 Å². The minimum Gasteiger partial charge on any atom is -0.340 e. The number of hydrogen-bond acceptors (Lipinski definition) is 2. The van der Waals surface area contributed by atoms with Gasteiger partial charge in [-0.15, -0.1) is 0 Å². The minimum atomic E-state index is -0.0394. The molecule has 0 aliphatic carbocycles. The largest absolute Gasteiger partial charge is 0.340 e. The monoisotopic (exact) mass is 294 g/mol. The lowest BCUT2D eigenvalue weighted by atomic mass is 10.1. The fraction of sp³-hybridized carbons (Fsp3) is 0.0588. The van der Waals surface area contributed by atoms with E-state index in [9.17, 15) is 4.79 Å². The van der Waals surface area contributed by atoms with Crippen molar-refractivity contribution in [3.63, 3.8) is 0 Å². The molecule has 0 amide bonds. The Kier molecular flexibility index (Phi) is 3.47. The molecule has 21 heavy (non-hydrogen) atoms. The number of carbonyl (C=O) groups is 1. The van der Waals surface area contributed by atoms with Crippen molar-refractivity contribution >= 4 is 28.3 Å². The minimum absolute atomic E-state index is 0.0394. The van der Waals surface area contributed by atoms with Crippen LogP contribution in [0.25, 0.3) is 10.9 Å². The van der Waals surface area contributed by atoms with E-state index < -0.39 is 0 Å². The van der Waals surface area contributed by atoms with Crippen LogP contribution in [0.5, 0.6) is 0 Å². The van der Waals surface area contributed by atoms with E-state index in [4.69, 9.17) is 16.9 Å². The molecule has 0 aliphatic rings. The molecule has 2 aromatic carbocycles. The Hall–Kier alpha value is -2.57. The van der Waals surface area contributed by atoms with Gasteiger partial charge < -0.3 is 4.57 Å². The van der Waals surface area contributed by atoms with Gasteiger partial charge in [0.15, 0.2) is 5.78 Å². The number of ketones is 1. The lowest BCUT2D eigenvalue weighted by Crippen LogP contribution is -2.09. The van der Waals surface area contributed by atoms with Crippen LogP contribution in [0, 0.1) is 11.3 Å². The van der Waals surface area contributed by atoms with E-state index in [1.54, 1.807) is 30.3 Å². The van der Waals surface area contributed by atoms with Crippen LogP contribution in [0.4, 0.5) is 0 Å². The summed E-state index contributed by atoms with van der Waals surface area (Å²) < 4.78 is 1.86. The van der Waals surface area contributed by atoms with Gasteiger partial charge in [0.05, 0.1) is 23.2 Å². The Morgan fingerprint density at radius 3 is 2.76 bits per heavy atom. The van der Waals surface area contributed by atoms with Crippen molar-refractivity contribution < 1.29 is 4.79 Å². The van der Waals surface area contributed by atoms with Gasteiger partial charge in [0, 0.05) is 22.7 Å². The molecule has 102 valence electrons. The first-order valence-electron chi connectivity index (χ1n) is 6.46. The first kappa shape index (κ1) is 13.4. The molecule has 3 nitrogen and oxygen atoms in total. The highest BCUT2D eigenvalue weighted by atomic mass is 35.5. The summed E-state index contributed by atoms with van der Waals surface area (Å²) in [6.45, 7) is 0.221. The highest BCUT2D eigenvalue weighted by molar-refractivity contribution is 6.33. The molecule has 3 aromatic rings. The summed E-state index contributed by atoms with van der Waals surface area (Å²) in [5, 5.41) is 10.3. The fourth-order valence-corrected chi connectivity index (χ4v) is 2.58. The Balaban J connectivity index is 1.94. The smallest absolute Gasteiger partial charge is 0.183 e. The maximum absolute atomic E-state index is 12.3. The summed E-state index contributed by atoms with van der Waals surface area (Å²) in [6, 6.07) is 16.5. The van der Waals surface area contributed by atoms with Crippen LogP contribution in [0.3, 0.4) is 0 Å². The van der Waals surface area contributed by atoms with Crippen molar-refractivity contribution in [3.8, 4) is 6.07 Å². The predicted octanol–water partition coefficient (Wildman–Crippen LogP) is 4.05. The normalized spacial score (nSPS) is 10.5. The van der Waals surface area contributed by atoms with Crippen molar-refractivity contribution in [2.45, 2.75) is 6.54 Å². The number of rotatable bonds is 3. The van der Waals surface area contributed by atoms with Crippen LogP contribution < -0.4 is 0 Å². The number of hydrogen-bond donors (Lipinski definition) is 0. The molecule has 0 saturated carbocycles. The van der Waals surface area contributed by atoms with Crippen molar-refractivity contribution in [2.24, 2.45) is 0 Å². The lowest BCUT2D eigenvalue weighted by Gasteiger charge is -2.06. The second-order valence-electron chi connectivity index (χ2n) is 4.73. The van der Waals surface area contributed by atoms with Gasteiger partial charge in [-0.2, -0.15) is 5.26 Å². The van der Waals surface area contributed by atoms with Gasteiger partial charge in [0.2, 0.25) is 0 Å². The topological polar surface area (TPSA) is 45.8 Å². The van der Waals surface area contributed by atoms with Crippen molar-refractivity contribution in [1.29, 1.82) is 5.26 Å². The van der Waals surface area contributed by atoms with E-state index in [0.717, 1.165) is 10.9 Å². The van der Waals surface area contributed by atoms with Crippen LogP contribution in [0.15, 0.2) is 54.7 Å². The molecule has 0 spiro atoms. The van der Waals surface area contributed by atoms with Gasteiger partial charge >= 0.3 is 0 Å². The molecule has 1 aromatic heterocycles. The Bertz CT molecular complexity index is 874. The molecule has 3 rings (SSSR count). The summed E-state index contributed by atoms with van der Waals surface area (Å²) in [7, 11) is 0. The molecule has 1 heterocycles. The Morgan fingerprint density at radius 1 is 1.19 bits per heavy atom. The average Bonchev–Trinajstić information content (AvgIpc) is 2.89. The van der Waals surface area contributed by atoms with E-state index >= 15 is 0 Å². The molecule has 0 N–H and O–H groups in total. The molecule has 0 saturated heterocycles. The van der Waals surface area contributed by atoms with E-state index in [-0.39, 0.29) is 12.3 Å². The highest BCUT2D eigenvalue weighted by Crippen LogP contribution is 2.20. The van der Waals surface area contributed by atoms with Gasteiger partial charge in [0.1, 0.15) is 0 Å². The maximum atomic E-state index is 12.3. The van der Waals surface area contributed by atoms with E-state index in [1.165, 1.54) is 0 Å². The Labute approximate surface area is 127 Å². The molecular weight excluding hydrogens is 284 g/mol. The highest BCUT2D eigenvalue weighted by Gasteiger charge is 2.11. The van der Waals surface area contributed by atoms with E-state index in [2.05, 4.69) is 6.07 Å². The maximum Gasteiger partial charge on any atom is 0.183 e. The van der Waals surface area contributed by atoms with Gasteiger partial charge in [-0.3, -0.25) is 4.79 Å². The third kappa shape index (κ3) is 2.54. The van der Waals surface area contributed by atoms with Gasteiger partial charge in [0.25, 0.3) is 0 Å². The second kappa shape index (κ2) is 5.43. The quantitative estimate of drug-likeness (QED) is 0.684. The van der Waals surface area contributed by atoms with Crippen molar-refractivity contribution in [2.75, 3.05) is 0 Å². The number of fused-ring (bicyclic) bond motifs is 1.